The smallest absolute Gasteiger partial charge is 0.872 e. The molecule has 0 heterocycles. The Hall–Kier alpha value is 0.656. The fraction of sp³-hybridized carbons (Fsp3) is 0.250. The first-order valence-electron chi connectivity index (χ1n) is 2.94. The normalized spacial score (nSPS) is 8.60. The number of benzene rings is 1. The van der Waals surface area contributed by atoms with Gasteiger partial charge in [0.25, 0.3) is 0 Å². The summed E-state index contributed by atoms with van der Waals surface area (Å²) in [7, 11) is 0. The SMILES string of the molecule is Cc1cc(C)cc([O-])c1.[K+]. The van der Waals surface area contributed by atoms with Crippen LogP contribution in [0, 0.1) is 13.8 Å². The number of hydrogen-bond donors (Lipinski definition) is 0. The zero-order valence-corrected chi connectivity index (χ0v) is 9.76. The van der Waals surface area contributed by atoms with Crippen molar-refractivity contribution in [2.24, 2.45) is 0 Å². The van der Waals surface area contributed by atoms with Gasteiger partial charge in [0.1, 0.15) is 0 Å². The van der Waals surface area contributed by atoms with Gasteiger partial charge < -0.3 is 5.11 Å². The summed E-state index contributed by atoms with van der Waals surface area (Å²) >= 11 is 0. The molecule has 0 saturated carbocycles. The van der Waals surface area contributed by atoms with Gasteiger partial charge in [-0.1, -0.05) is 29.3 Å². The van der Waals surface area contributed by atoms with E-state index < -0.39 is 0 Å². The fourth-order valence-corrected chi connectivity index (χ4v) is 0.933. The van der Waals surface area contributed by atoms with Gasteiger partial charge in [-0.15, -0.1) is 5.75 Å². The van der Waals surface area contributed by atoms with Crippen molar-refractivity contribution in [3.8, 4) is 5.75 Å². The van der Waals surface area contributed by atoms with E-state index in [1.807, 2.05) is 19.9 Å². The second-order valence-corrected chi connectivity index (χ2v) is 2.32. The van der Waals surface area contributed by atoms with Crippen LogP contribution in [0.1, 0.15) is 11.1 Å². The van der Waals surface area contributed by atoms with Crippen LogP contribution in [0.5, 0.6) is 5.75 Å². The van der Waals surface area contributed by atoms with Gasteiger partial charge in [0.05, 0.1) is 0 Å². The van der Waals surface area contributed by atoms with Crippen LogP contribution in [0.4, 0.5) is 0 Å². The zero-order valence-electron chi connectivity index (χ0n) is 6.64. The van der Waals surface area contributed by atoms with Gasteiger partial charge >= 0.3 is 51.4 Å². The van der Waals surface area contributed by atoms with Gasteiger partial charge in [0.15, 0.2) is 0 Å². The molecule has 0 fully saturated rings. The standard InChI is InChI=1S/C8H10O.K/c1-6-3-7(2)5-8(9)4-6;/h3-5,9H,1-2H3;/q;+1/p-1. The summed E-state index contributed by atoms with van der Waals surface area (Å²) in [5.74, 6) is 0.104. The molecule has 0 saturated heterocycles. The molecule has 0 unspecified atom stereocenters. The van der Waals surface area contributed by atoms with E-state index in [1.165, 1.54) is 0 Å². The Morgan fingerprint density at radius 1 is 1.00 bits per heavy atom. The van der Waals surface area contributed by atoms with Crippen LogP contribution in [0.15, 0.2) is 18.2 Å². The Labute approximate surface area is 104 Å². The average Bonchev–Trinajstić information content (AvgIpc) is 1.59. The quantitative estimate of drug-likeness (QED) is 0.418. The zero-order chi connectivity index (χ0) is 6.85. The van der Waals surface area contributed by atoms with Gasteiger partial charge in [-0.05, 0) is 13.8 Å². The van der Waals surface area contributed by atoms with Gasteiger partial charge in [-0.3, -0.25) is 0 Å². The Balaban J connectivity index is 0.000000810. The minimum Gasteiger partial charge on any atom is -0.872 e. The summed E-state index contributed by atoms with van der Waals surface area (Å²) in [6, 6.07) is 5.25. The first-order valence-corrected chi connectivity index (χ1v) is 2.94. The third-order valence-electron chi connectivity index (χ3n) is 1.20. The third kappa shape index (κ3) is 3.17. The van der Waals surface area contributed by atoms with Crippen LogP contribution in [-0.4, -0.2) is 0 Å². The predicted molar refractivity (Wildman–Crippen MR) is 35.4 cm³/mol. The molecule has 0 bridgehead atoms. The second kappa shape index (κ2) is 4.52. The second-order valence-electron chi connectivity index (χ2n) is 2.32. The molecule has 0 N–H and O–H groups in total. The molecule has 1 rings (SSSR count). The molecule has 0 aliphatic heterocycles. The molecular formula is C8H9KO. The fourth-order valence-electron chi connectivity index (χ4n) is 0.933. The molecule has 2 heteroatoms. The van der Waals surface area contributed by atoms with Crippen molar-refractivity contribution in [1.29, 1.82) is 0 Å². The van der Waals surface area contributed by atoms with E-state index in [0.717, 1.165) is 11.1 Å². The van der Waals surface area contributed by atoms with E-state index in [9.17, 15) is 5.11 Å². The molecule has 1 aromatic carbocycles. The van der Waals surface area contributed by atoms with Crippen LogP contribution in [-0.2, 0) is 0 Å². The van der Waals surface area contributed by atoms with Crippen molar-refractivity contribution in [3.05, 3.63) is 29.3 Å². The van der Waals surface area contributed by atoms with Crippen molar-refractivity contribution in [2.45, 2.75) is 13.8 Å². The Kier molecular flexibility index (Phi) is 4.81. The van der Waals surface area contributed by atoms with E-state index in [1.54, 1.807) is 12.1 Å². The first-order chi connectivity index (χ1) is 4.18. The van der Waals surface area contributed by atoms with Crippen LogP contribution in [0.2, 0.25) is 0 Å². The molecule has 0 amide bonds. The summed E-state index contributed by atoms with van der Waals surface area (Å²) < 4.78 is 0. The molecule has 10 heavy (non-hydrogen) atoms. The van der Waals surface area contributed by atoms with Crippen molar-refractivity contribution >= 4 is 0 Å². The topological polar surface area (TPSA) is 23.1 Å². The van der Waals surface area contributed by atoms with Crippen molar-refractivity contribution < 1.29 is 56.5 Å². The number of hydrogen-bond acceptors (Lipinski definition) is 1. The van der Waals surface area contributed by atoms with Gasteiger partial charge in [-0.2, -0.15) is 0 Å². The molecular weight excluding hydrogens is 151 g/mol. The Morgan fingerprint density at radius 3 is 1.70 bits per heavy atom. The van der Waals surface area contributed by atoms with Crippen molar-refractivity contribution in [3.63, 3.8) is 0 Å². The average molecular weight is 160 g/mol. The predicted octanol–water partition coefficient (Wildman–Crippen LogP) is -1.62. The molecule has 0 atom stereocenters. The molecule has 1 aromatic rings. The Morgan fingerprint density at radius 2 is 1.40 bits per heavy atom. The van der Waals surface area contributed by atoms with Crippen LogP contribution in [0.3, 0.4) is 0 Å². The van der Waals surface area contributed by atoms with Crippen LogP contribution >= 0.6 is 0 Å². The molecule has 0 radical (unpaired) electrons. The maximum Gasteiger partial charge on any atom is 1.00 e. The minimum absolute atomic E-state index is 0. The molecule has 0 aliphatic carbocycles. The molecule has 0 aliphatic rings. The number of rotatable bonds is 0. The van der Waals surface area contributed by atoms with Crippen LogP contribution in [0.25, 0.3) is 0 Å². The first kappa shape index (κ1) is 10.7. The van der Waals surface area contributed by atoms with E-state index in [2.05, 4.69) is 0 Å². The maximum atomic E-state index is 10.7. The summed E-state index contributed by atoms with van der Waals surface area (Å²) in [4.78, 5) is 0. The summed E-state index contributed by atoms with van der Waals surface area (Å²) in [5.41, 5.74) is 2.08. The van der Waals surface area contributed by atoms with Gasteiger partial charge in [-0.25, -0.2) is 0 Å². The maximum absolute atomic E-state index is 10.7. The van der Waals surface area contributed by atoms with Crippen LogP contribution < -0.4 is 56.5 Å². The van der Waals surface area contributed by atoms with E-state index in [-0.39, 0.29) is 57.1 Å². The Bertz CT molecular complexity index is 170. The molecule has 48 valence electrons. The van der Waals surface area contributed by atoms with E-state index >= 15 is 0 Å². The monoisotopic (exact) mass is 160 g/mol. The largest absolute Gasteiger partial charge is 1.00 e. The van der Waals surface area contributed by atoms with E-state index in [0.29, 0.717) is 0 Å². The van der Waals surface area contributed by atoms with E-state index in [4.69, 9.17) is 0 Å². The third-order valence-corrected chi connectivity index (χ3v) is 1.20. The number of aryl methyl sites for hydroxylation is 2. The summed E-state index contributed by atoms with van der Waals surface area (Å²) in [5, 5.41) is 10.7. The minimum atomic E-state index is 0. The van der Waals surface area contributed by atoms with Crippen molar-refractivity contribution in [1.82, 2.24) is 0 Å². The summed E-state index contributed by atoms with van der Waals surface area (Å²) in [6.07, 6.45) is 0. The summed E-state index contributed by atoms with van der Waals surface area (Å²) in [6.45, 7) is 3.85. The molecule has 1 nitrogen and oxygen atoms in total. The molecule has 0 aromatic heterocycles. The van der Waals surface area contributed by atoms with Crippen molar-refractivity contribution in [2.75, 3.05) is 0 Å². The van der Waals surface area contributed by atoms with Gasteiger partial charge in [0, 0.05) is 0 Å². The molecule has 0 spiro atoms. The van der Waals surface area contributed by atoms with Gasteiger partial charge in [0.2, 0.25) is 0 Å².